The van der Waals surface area contributed by atoms with E-state index in [4.69, 9.17) is 17.0 Å². The number of rotatable bonds is 9. The van der Waals surface area contributed by atoms with Crippen LogP contribution in [0.1, 0.15) is 25.7 Å². The van der Waals surface area contributed by atoms with Crippen molar-refractivity contribution in [2.24, 2.45) is 5.92 Å². The Morgan fingerprint density at radius 3 is 3.09 bits per heavy atom. The van der Waals surface area contributed by atoms with Crippen LogP contribution >= 0.6 is 12.2 Å². The number of hydrogen-bond donors (Lipinski definition) is 1. The maximum atomic E-state index is 5.59. The molecule has 0 saturated heterocycles. The summed E-state index contributed by atoms with van der Waals surface area (Å²) in [6.07, 6.45) is 15.0. The van der Waals surface area contributed by atoms with Crippen LogP contribution in [0.15, 0.2) is 30.9 Å². The van der Waals surface area contributed by atoms with Gasteiger partial charge in [-0.3, -0.25) is 0 Å². The molecule has 1 aliphatic carbocycles. The fourth-order valence-electron chi connectivity index (χ4n) is 2.84. The number of aromatic nitrogens is 2. The van der Waals surface area contributed by atoms with Crippen LogP contribution in [0.4, 0.5) is 0 Å². The van der Waals surface area contributed by atoms with Crippen LogP contribution in [0.3, 0.4) is 0 Å². The number of hydrogen-bond acceptors (Lipinski definition) is 3. The minimum absolute atomic E-state index is 0.676. The summed E-state index contributed by atoms with van der Waals surface area (Å²) in [6, 6.07) is 0. The molecule has 1 heterocycles. The van der Waals surface area contributed by atoms with Crippen LogP contribution in [0.2, 0.25) is 0 Å². The zero-order chi connectivity index (χ0) is 16.3. The van der Waals surface area contributed by atoms with Crippen LogP contribution in [0.5, 0.6) is 0 Å². The van der Waals surface area contributed by atoms with E-state index in [1.54, 1.807) is 7.11 Å². The van der Waals surface area contributed by atoms with Crippen LogP contribution in [0, 0.1) is 5.92 Å². The largest absolute Gasteiger partial charge is 0.383 e. The minimum Gasteiger partial charge on any atom is -0.383 e. The molecular formula is C17H28N4OS. The number of aryl methyl sites for hydroxylation is 1. The first kappa shape index (κ1) is 17.9. The van der Waals surface area contributed by atoms with Gasteiger partial charge in [0.2, 0.25) is 0 Å². The Kier molecular flexibility index (Phi) is 8.11. The third kappa shape index (κ3) is 6.71. The molecule has 1 unspecified atom stereocenters. The van der Waals surface area contributed by atoms with Crippen LogP contribution in [0.25, 0.3) is 0 Å². The number of nitrogens with one attached hydrogen (secondary N) is 1. The highest BCUT2D eigenvalue weighted by atomic mass is 32.1. The molecule has 1 aromatic rings. The zero-order valence-corrected chi connectivity index (χ0v) is 14.8. The SMILES string of the molecule is COCCNC(=S)N(CCCn1ccnc1)CC1CC=CCC1. The molecule has 0 amide bonds. The van der Waals surface area contributed by atoms with Crippen molar-refractivity contribution in [2.75, 3.05) is 33.4 Å². The van der Waals surface area contributed by atoms with Crippen molar-refractivity contribution in [3.8, 4) is 0 Å². The number of thiocarbonyl (C=S) groups is 1. The van der Waals surface area contributed by atoms with E-state index in [-0.39, 0.29) is 0 Å². The highest BCUT2D eigenvalue weighted by Gasteiger charge is 2.17. The first-order valence-electron chi connectivity index (χ1n) is 8.42. The molecule has 0 fully saturated rings. The average molecular weight is 337 g/mol. The highest BCUT2D eigenvalue weighted by molar-refractivity contribution is 7.80. The molecule has 5 nitrogen and oxygen atoms in total. The van der Waals surface area contributed by atoms with Crippen LogP contribution < -0.4 is 5.32 Å². The molecule has 0 aromatic carbocycles. The van der Waals surface area contributed by atoms with Crippen molar-refractivity contribution < 1.29 is 4.74 Å². The summed E-state index contributed by atoms with van der Waals surface area (Å²) in [5.41, 5.74) is 0. The predicted octanol–water partition coefficient (Wildman–Crippen LogP) is 2.45. The standard InChI is InChI=1S/C17H28N4OS/c1-22-13-9-19-17(23)21(14-16-6-3-2-4-7-16)11-5-10-20-12-8-18-15-20/h2-3,8,12,15-16H,4-7,9-11,13-14H2,1H3,(H,19,23). The van der Waals surface area contributed by atoms with Crippen molar-refractivity contribution in [1.29, 1.82) is 0 Å². The minimum atomic E-state index is 0.676. The zero-order valence-electron chi connectivity index (χ0n) is 14.0. The Balaban J connectivity index is 1.81. The Hall–Kier alpha value is -1.40. The summed E-state index contributed by atoms with van der Waals surface area (Å²) in [4.78, 5) is 6.41. The van der Waals surface area contributed by atoms with Gasteiger partial charge in [0.1, 0.15) is 0 Å². The molecule has 2 rings (SSSR count). The first-order chi connectivity index (χ1) is 11.3. The third-order valence-corrected chi connectivity index (χ3v) is 4.53. The Morgan fingerprint density at radius 2 is 2.39 bits per heavy atom. The normalized spacial score (nSPS) is 17.2. The van der Waals surface area contributed by atoms with E-state index in [0.717, 1.165) is 37.7 Å². The second kappa shape index (κ2) is 10.4. The highest BCUT2D eigenvalue weighted by Crippen LogP contribution is 2.19. The van der Waals surface area contributed by atoms with E-state index in [0.29, 0.717) is 12.5 Å². The number of allylic oxidation sites excluding steroid dienone is 2. The van der Waals surface area contributed by atoms with Gasteiger partial charge in [-0.25, -0.2) is 4.98 Å². The maximum absolute atomic E-state index is 5.59. The van der Waals surface area contributed by atoms with E-state index < -0.39 is 0 Å². The molecule has 0 aliphatic heterocycles. The lowest BCUT2D eigenvalue weighted by molar-refractivity contribution is 0.202. The number of nitrogens with zero attached hydrogens (tertiary/aromatic N) is 3. The van der Waals surface area contributed by atoms with Gasteiger partial charge in [0.05, 0.1) is 12.9 Å². The first-order valence-corrected chi connectivity index (χ1v) is 8.83. The molecule has 1 aromatic heterocycles. The molecule has 6 heteroatoms. The van der Waals surface area contributed by atoms with Gasteiger partial charge >= 0.3 is 0 Å². The van der Waals surface area contributed by atoms with Gasteiger partial charge in [-0.1, -0.05) is 12.2 Å². The fourth-order valence-corrected chi connectivity index (χ4v) is 3.11. The molecule has 0 saturated carbocycles. The number of methoxy groups -OCH3 is 1. The summed E-state index contributed by atoms with van der Waals surface area (Å²) in [6.45, 7) is 4.42. The Bertz CT molecular complexity index is 475. The molecule has 1 atom stereocenters. The summed E-state index contributed by atoms with van der Waals surface area (Å²) >= 11 is 5.59. The molecule has 1 aliphatic rings. The van der Waals surface area contributed by atoms with Crippen molar-refractivity contribution in [2.45, 2.75) is 32.2 Å². The smallest absolute Gasteiger partial charge is 0.169 e. The third-order valence-electron chi connectivity index (χ3n) is 4.13. The van der Waals surface area contributed by atoms with E-state index >= 15 is 0 Å². The monoisotopic (exact) mass is 336 g/mol. The molecule has 0 bridgehead atoms. The lowest BCUT2D eigenvalue weighted by Crippen LogP contribution is -2.44. The molecular weight excluding hydrogens is 308 g/mol. The van der Waals surface area contributed by atoms with E-state index in [1.165, 1.54) is 19.3 Å². The second-order valence-electron chi connectivity index (χ2n) is 5.98. The number of ether oxygens (including phenoxy) is 1. The maximum Gasteiger partial charge on any atom is 0.169 e. The van der Waals surface area contributed by atoms with Crippen LogP contribution in [-0.4, -0.2) is 52.9 Å². The summed E-state index contributed by atoms with van der Waals surface area (Å²) in [7, 11) is 1.71. The van der Waals surface area contributed by atoms with Crippen molar-refractivity contribution >= 4 is 17.3 Å². The molecule has 0 spiro atoms. The summed E-state index contributed by atoms with van der Waals surface area (Å²) in [5, 5.41) is 4.16. The van der Waals surface area contributed by atoms with Crippen molar-refractivity contribution in [3.63, 3.8) is 0 Å². The van der Waals surface area contributed by atoms with Gasteiger partial charge in [0.25, 0.3) is 0 Å². The van der Waals surface area contributed by atoms with E-state index in [1.807, 2.05) is 18.7 Å². The van der Waals surface area contributed by atoms with Gasteiger partial charge in [-0.2, -0.15) is 0 Å². The van der Waals surface area contributed by atoms with Crippen molar-refractivity contribution in [3.05, 3.63) is 30.9 Å². The Morgan fingerprint density at radius 1 is 1.48 bits per heavy atom. The van der Waals surface area contributed by atoms with Gasteiger partial charge in [-0.05, 0) is 43.8 Å². The number of imidazole rings is 1. The van der Waals surface area contributed by atoms with E-state index in [9.17, 15) is 0 Å². The van der Waals surface area contributed by atoms with Gasteiger partial charge < -0.3 is 19.5 Å². The predicted molar refractivity (Wildman–Crippen MR) is 97.4 cm³/mol. The summed E-state index contributed by atoms with van der Waals surface area (Å²) in [5.74, 6) is 0.704. The average Bonchev–Trinajstić information content (AvgIpc) is 3.08. The van der Waals surface area contributed by atoms with Gasteiger partial charge in [0, 0.05) is 45.7 Å². The lowest BCUT2D eigenvalue weighted by Gasteiger charge is -2.30. The molecule has 128 valence electrons. The summed E-state index contributed by atoms with van der Waals surface area (Å²) < 4.78 is 7.21. The molecule has 1 N–H and O–H groups in total. The fraction of sp³-hybridized carbons (Fsp3) is 0.647. The topological polar surface area (TPSA) is 42.3 Å². The lowest BCUT2D eigenvalue weighted by atomic mass is 9.94. The molecule has 23 heavy (non-hydrogen) atoms. The quantitative estimate of drug-likeness (QED) is 0.426. The van der Waals surface area contributed by atoms with Crippen molar-refractivity contribution in [1.82, 2.24) is 19.8 Å². The Labute approximate surface area is 144 Å². The second-order valence-corrected chi connectivity index (χ2v) is 6.36. The van der Waals surface area contributed by atoms with Crippen LogP contribution in [-0.2, 0) is 11.3 Å². The molecule has 0 radical (unpaired) electrons. The van der Waals surface area contributed by atoms with Gasteiger partial charge in [0.15, 0.2) is 5.11 Å². The van der Waals surface area contributed by atoms with E-state index in [2.05, 4.69) is 31.9 Å². The van der Waals surface area contributed by atoms with Gasteiger partial charge in [-0.15, -0.1) is 0 Å².